The zero-order valence-corrected chi connectivity index (χ0v) is 8.85. The van der Waals surface area contributed by atoms with Gasteiger partial charge in [-0.2, -0.15) is 0 Å². The zero-order valence-electron chi connectivity index (χ0n) is 8.10. The molecule has 0 amide bonds. The number of halogens is 1. The van der Waals surface area contributed by atoms with Crippen LogP contribution < -0.4 is 4.84 Å². The molecular formula is C12H11ClN2. The van der Waals surface area contributed by atoms with Crippen LogP contribution in [0.25, 0.3) is 0 Å². The Bertz CT molecular complexity index is 363. The lowest BCUT2D eigenvalue weighted by Crippen LogP contribution is -2.14. The minimum Gasteiger partial charge on any atom is -0.259 e. The van der Waals surface area contributed by atoms with Crippen molar-refractivity contribution in [2.75, 3.05) is 0 Å². The van der Waals surface area contributed by atoms with E-state index in [-0.39, 0.29) is 6.04 Å². The molecular weight excluding hydrogens is 208 g/mol. The molecule has 1 aromatic heterocycles. The van der Waals surface area contributed by atoms with Crippen LogP contribution in [0.15, 0.2) is 54.7 Å². The van der Waals surface area contributed by atoms with Crippen molar-refractivity contribution in [3.8, 4) is 0 Å². The SMILES string of the molecule is ClN[C@@H](c1ccccc1)c1ccccn1. The Balaban J connectivity index is 2.34. The molecule has 2 rings (SSSR count). The lowest BCUT2D eigenvalue weighted by Gasteiger charge is -2.13. The van der Waals surface area contributed by atoms with E-state index in [0.29, 0.717) is 0 Å². The van der Waals surface area contributed by atoms with Crippen LogP contribution in [0.5, 0.6) is 0 Å². The normalized spacial score (nSPS) is 12.3. The number of nitrogens with zero attached hydrogens (tertiary/aromatic N) is 1. The van der Waals surface area contributed by atoms with Gasteiger partial charge in [0.1, 0.15) is 0 Å². The minimum absolute atomic E-state index is 0.0610. The molecule has 0 fully saturated rings. The molecule has 3 heteroatoms. The molecule has 0 aliphatic heterocycles. The number of aromatic nitrogens is 1. The first kappa shape index (κ1) is 10.1. The van der Waals surface area contributed by atoms with Crippen LogP contribution in [0.1, 0.15) is 17.3 Å². The maximum absolute atomic E-state index is 5.75. The maximum Gasteiger partial charge on any atom is 0.0891 e. The van der Waals surface area contributed by atoms with Gasteiger partial charge in [0.25, 0.3) is 0 Å². The summed E-state index contributed by atoms with van der Waals surface area (Å²) in [6.07, 6.45) is 1.76. The maximum atomic E-state index is 5.75. The summed E-state index contributed by atoms with van der Waals surface area (Å²) in [6.45, 7) is 0. The molecule has 1 heterocycles. The molecule has 2 aromatic rings. The van der Waals surface area contributed by atoms with Gasteiger partial charge in [-0.15, -0.1) is 0 Å². The summed E-state index contributed by atoms with van der Waals surface area (Å²) in [6, 6.07) is 15.7. The lowest BCUT2D eigenvalue weighted by atomic mass is 10.0. The summed E-state index contributed by atoms with van der Waals surface area (Å²) in [4.78, 5) is 7.02. The van der Waals surface area contributed by atoms with Gasteiger partial charge >= 0.3 is 0 Å². The quantitative estimate of drug-likeness (QED) is 0.802. The average molecular weight is 219 g/mol. The van der Waals surface area contributed by atoms with Gasteiger partial charge in [0.15, 0.2) is 0 Å². The molecule has 0 saturated carbocycles. The second-order valence-electron chi connectivity index (χ2n) is 3.21. The van der Waals surface area contributed by atoms with Gasteiger partial charge in [-0.05, 0) is 29.5 Å². The van der Waals surface area contributed by atoms with E-state index in [1.54, 1.807) is 6.20 Å². The van der Waals surface area contributed by atoms with E-state index >= 15 is 0 Å². The summed E-state index contributed by atoms with van der Waals surface area (Å²) in [5, 5.41) is 0. The van der Waals surface area contributed by atoms with E-state index in [1.165, 1.54) is 0 Å². The molecule has 2 nitrogen and oxygen atoms in total. The van der Waals surface area contributed by atoms with Gasteiger partial charge in [-0.1, -0.05) is 36.4 Å². The fourth-order valence-corrected chi connectivity index (χ4v) is 1.72. The Morgan fingerprint density at radius 2 is 1.73 bits per heavy atom. The highest BCUT2D eigenvalue weighted by molar-refractivity contribution is 6.13. The third kappa shape index (κ3) is 2.35. The molecule has 15 heavy (non-hydrogen) atoms. The summed E-state index contributed by atoms with van der Waals surface area (Å²) in [7, 11) is 0. The fraction of sp³-hybridized carbons (Fsp3) is 0.0833. The predicted molar refractivity (Wildman–Crippen MR) is 61.5 cm³/mol. The van der Waals surface area contributed by atoms with Gasteiger partial charge in [0.2, 0.25) is 0 Å². The number of hydrogen-bond donors (Lipinski definition) is 1. The van der Waals surface area contributed by atoms with Crippen LogP contribution in [0.3, 0.4) is 0 Å². The summed E-state index contributed by atoms with van der Waals surface area (Å²) in [5.41, 5.74) is 2.02. The summed E-state index contributed by atoms with van der Waals surface area (Å²) in [5.74, 6) is 0. The summed E-state index contributed by atoms with van der Waals surface area (Å²) >= 11 is 5.75. The number of hydrogen-bond acceptors (Lipinski definition) is 2. The van der Waals surface area contributed by atoms with Crippen molar-refractivity contribution in [1.82, 2.24) is 9.82 Å². The molecule has 0 aliphatic carbocycles. The van der Waals surface area contributed by atoms with Crippen LogP contribution in [0.2, 0.25) is 0 Å². The molecule has 0 spiro atoms. The highest BCUT2D eigenvalue weighted by Crippen LogP contribution is 2.19. The molecule has 0 radical (unpaired) electrons. The number of benzene rings is 1. The van der Waals surface area contributed by atoms with Crippen LogP contribution in [-0.4, -0.2) is 4.98 Å². The molecule has 0 bridgehead atoms. The fourth-order valence-electron chi connectivity index (χ4n) is 1.48. The molecule has 1 N–H and O–H groups in total. The van der Waals surface area contributed by atoms with Crippen molar-refractivity contribution in [2.45, 2.75) is 6.04 Å². The van der Waals surface area contributed by atoms with Crippen molar-refractivity contribution in [2.24, 2.45) is 0 Å². The Hall–Kier alpha value is -1.38. The topological polar surface area (TPSA) is 24.9 Å². The number of rotatable bonds is 3. The lowest BCUT2D eigenvalue weighted by molar-refractivity contribution is 0.761. The average Bonchev–Trinajstić information content (AvgIpc) is 2.33. The van der Waals surface area contributed by atoms with E-state index in [1.807, 2.05) is 48.5 Å². The van der Waals surface area contributed by atoms with Crippen LogP contribution in [-0.2, 0) is 0 Å². The Kier molecular flexibility index (Phi) is 3.33. The molecule has 1 atom stereocenters. The van der Waals surface area contributed by atoms with E-state index < -0.39 is 0 Å². The first-order chi connectivity index (χ1) is 7.42. The number of nitrogens with one attached hydrogen (secondary N) is 1. The van der Waals surface area contributed by atoms with Crippen LogP contribution in [0, 0.1) is 0 Å². The highest BCUT2D eigenvalue weighted by Gasteiger charge is 2.12. The second-order valence-corrected chi connectivity index (χ2v) is 3.43. The Labute approximate surface area is 94.0 Å². The van der Waals surface area contributed by atoms with Crippen molar-refractivity contribution in [3.05, 3.63) is 66.0 Å². The summed E-state index contributed by atoms with van der Waals surface area (Å²) < 4.78 is 0. The van der Waals surface area contributed by atoms with Crippen LogP contribution in [0.4, 0.5) is 0 Å². The zero-order chi connectivity index (χ0) is 10.5. The Morgan fingerprint density at radius 1 is 1.00 bits per heavy atom. The smallest absolute Gasteiger partial charge is 0.0891 e. The molecule has 0 unspecified atom stereocenters. The first-order valence-corrected chi connectivity index (χ1v) is 5.11. The van der Waals surface area contributed by atoms with Gasteiger partial charge in [0.05, 0.1) is 11.7 Å². The third-order valence-corrected chi connectivity index (χ3v) is 2.44. The first-order valence-electron chi connectivity index (χ1n) is 4.74. The standard InChI is InChI=1S/C12H11ClN2/c13-15-12(10-6-2-1-3-7-10)11-8-4-5-9-14-11/h1-9,12,15H/t12-/m0/s1. The van der Waals surface area contributed by atoms with E-state index in [0.717, 1.165) is 11.3 Å². The van der Waals surface area contributed by atoms with E-state index in [9.17, 15) is 0 Å². The van der Waals surface area contributed by atoms with Crippen molar-refractivity contribution in [1.29, 1.82) is 0 Å². The van der Waals surface area contributed by atoms with Gasteiger partial charge in [-0.25, -0.2) is 4.84 Å². The monoisotopic (exact) mass is 218 g/mol. The van der Waals surface area contributed by atoms with Crippen molar-refractivity contribution in [3.63, 3.8) is 0 Å². The number of pyridine rings is 1. The Morgan fingerprint density at radius 3 is 2.33 bits per heavy atom. The largest absolute Gasteiger partial charge is 0.259 e. The van der Waals surface area contributed by atoms with Crippen molar-refractivity contribution < 1.29 is 0 Å². The van der Waals surface area contributed by atoms with Crippen molar-refractivity contribution >= 4 is 11.8 Å². The highest BCUT2D eigenvalue weighted by atomic mass is 35.5. The minimum atomic E-state index is -0.0610. The molecule has 0 aliphatic rings. The van der Waals surface area contributed by atoms with Gasteiger partial charge in [0, 0.05) is 6.20 Å². The van der Waals surface area contributed by atoms with E-state index in [4.69, 9.17) is 11.8 Å². The third-order valence-electron chi connectivity index (χ3n) is 2.23. The predicted octanol–water partition coefficient (Wildman–Crippen LogP) is 2.91. The second kappa shape index (κ2) is 4.91. The van der Waals surface area contributed by atoms with Gasteiger partial charge < -0.3 is 0 Å². The van der Waals surface area contributed by atoms with Crippen LogP contribution >= 0.6 is 11.8 Å². The molecule has 76 valence electrons. The van der Waals surface area contributed by atoms with Gasteiger partial charge in [-0.3, -0.25) is 4.98 Å². The molecule has 1 aromatic carbocycles. The molecule has 0 saturated heterocycles. The van der Waals surface area contributed by atoms with E-state index in [2.05, 4.69) is 9.82 Å².